The van der Waals surface area contributed by atoms with E-state index < -0.39 is 5.97 Å². The van der Waals surface area contributed by atoms with Crippen molar-refractivity contribution in [2.75, 3.05) is 0 Å². The summed E-state index contributed by atoms with van der Waals surface area (Å²) < 4.78 is 5.67. The molecule has 1 heterocycles. The third-order valence-electron chi connectivity index (χ3n) is 3.80. The van der Waals surface area contributed by atoms with E-state index in [1.165, 1.54) is 12.1 Å². The van der Waals surface area contributed by atoms with Crippen LogP contribution in [0, 0.1) is 11.3 Å². The molecule has 1 N–H and O–H groups in total. The van der Waals surface area contributed by atoms with Crippen molar-refractivity contribution in [3.63, 3.8) is 0 Å². The van der Waals surface area contributed by atoms with Gasteiger partial charge in [-0.05, 0) is 35.6 Å². The molecular formula is C16H20N2O3. The molecule has 1 aromatic heterocycles. The summed E-state index contributed by atoms with van der Waals surface area (Å²) in [4.78, 5) is 10.8. The van der Waals surface area contributed by atoms with Crippen LogP contribution in [0.4, 0.5) is 0 Å². The van der Waals surface area contributed by atoms with E-state index in [1.54, 1.807) is 12.1 Å². The zero-order valence-electron chi connectivity index (χ0n) is 12.8. The summed E-state index contributed by atoms with van der Waals surface area (Å²) in [6, 6.07) is 6.40. The molecule has 0 radical (unpaired) electrons. The fraction of sp³-hybridized carbons (Fsp3) is 0.438. The molecular weight excluding hydrogens is 268 g/mol. The molecule has 0 aliphatic rings. The highest BCUT2D eigenvalue weighted by molar-refractivity contribution is 5.88. The highest BCUT2D eigenvalue weighted by atomic mass is 16.4. The van der Waals surface area contributed by atoms with E-state index in [1.807, 2.05) is 0 Å². The molecule has 112 valence electrons. The van der Waals surface area contributed by atoms with Crippen LogP contribution in [0.15, 0.2) is 28.7 Å². The molecule has 0 saturated heterocycles. The molecule has 1 atom stereocenters. The first-order chi connectivity index (χ1) is 9.77. The summed E-state index contributed by atoms with van der Waals surface area (Å²) in [5.74, 6) is 0.491. The van der Waals surface area contributed by atoms with Gasteiger partial charge in [-0.15, -0.1) is 10.2 Å². The third kappa shape index (κ3) is 3.68. The lowest BCUT2D eigenvalue weighted by Gasteiger charge is -2.25. The van der Waals surface area contributed by atoms with Gasteiger partial charge in [0.05, 0.1) is 5.56 Å². The van der Waals surface area contributed by atoms with Crippen molar-refractivity contribution in [3.05, 3.63) is 35.7 Å². The van der Waals surface area contributed by atoms with Crippen molar-refractivity contribution in [3.8, 4) is 11.5 Å². The van der Waals surface area contributed by atoms with Crippen molar-refractivity contribution >= 4 is 5.97 Å². The van der Waals surface area contributed by atoms with Crippen LogP contribution in [0.25, 0.3) is 11.5 Å². The van der Waals surface area contributed by atoms with Crippen molar-refractivity contribution in [2.45, 2.75) is 34.1 Å². The molecule has 0 aliphatic heterocycles. The lowest BCUT2D eigenvalue weighted by molar-refractivity contribution is 0.0697. The number of carbonyl (C=O) groups is 1. The van der Waals surface area contributed by atoms with Gasteiger partial charge in [-0.3, -0.25) is 0 Å². The van der Waals surface area contributed by atoms with Crippen molar-refractivity contribution in [1.29, 1.82) is 0 Å². The van der Waals surface area contributed by atoms with Crippen LogP contribution in [-0.2, 0) is 6.42 Å². The summed E-state index contributed by atoms with van der Waals surface area (Å²) in [5.41, 5.74) is 1.14. The van der Waals surface area contributed by atoms with Crippen LogP contribution in [0.1, 0.15) is 43.9 Å². The van der Waals surface area contributed by atoms with E-state index >= 15 is 0 Å². The van der Waals surface area contributed by atoms with Gasteiger partial charge in [0.2, 0.25) is 11.8 Å². The minimum absolute atomic E-state index is 0.178. The Bertz CT molecular complexity index is 624. The van der Waals surface area contributed by atoms with Gasteiger partial charge >= 0.3 is 5.97 Å². The zero-order chi connectivity index (χ0) is 15.6. The van der Waals surface area contributed by atoms with E-state index in [0.717, 1.165) is 12.0 Å². The molecule has 0 bridgehead atoms. The van der Waals surface area contributed by atoms with Gasteiger partial charge in [-0.25, -0.2) is 4.79 Å². The minimum atomic E-state index is -0.952. The standard InChI is InChI=1S/C16H20N2O3/c1-10(16(2,3)4)9-13-17-18-14(21-13)11-5-7-12(8-6-11)15(19)20/h5-8,10H,9H2,1-4H3,(H,19,20). The van der Waals surface area contributed by atoms with E-state index in [-0.39, 0.29) is 11.0 Å². The summed E-state index contributed by atoms with van der Waals surface area (Å²) in [7, 11) is 0. The van der Waals surface area contributed by atoms with E-state index in [4.69, 9.17) is 9.52 Å². The Morgan fingerprint density at radius 2 is 1.86 bits per heavy atom. The molecule has 1 unspecified atom stereocenters. The Kier molecular flexibility index (Phi) is 4.11. The Morgan fingerprint density at radius 1 is 1.24 bits per heavy atom. The molecule has 21 heavy (non-hydrogen) atoms. The van der Waals surface area contributed by atoms with Crippen LogP contribution >= 0.6 is 0 Å². The first-order valence-corrected chi connectivity index (χ1v) is 6.93. The normalized spacial score (nSPS) is 13.1. The largest absolute Gasteiger partial charge is 0.478 e. The number of aromatic nitrogens is 2. The summed E-state index contributed by atoms with van der Waals surface area (Å²) in [5, 5.41) is 17.0. The number of rotatable bonds is 4. The summed E-state index contributed by atoms with van der Waals surface area (Å²) in [6.45, 7) is 8.70. The second-order valence-corrected chi connectivity index (χ2v) is 6.35. The molecule has 1 aromatic carbocycles. The third-order valence-corrected chi connectivity index (χ3v) is 3.80. The van der Waals surface area contributed by atoms with Gasteiger partial charge in [0.25, 0.3) is 0 Å². The quantitative estimate of drug-likeness (QED) is 0.929. The fourth-order valence-corrected chi connectivity index (χ4v) is 1.78. The average Bonchev–Trinajstić information content (AvgIpc) is 2.86. The molecule has 0 fully saturated rings. The zero-order valence-corrected chi connectivity index (χ0v) is 12.8. The Morgan fingerprint density at radius 3 is 2.38 bits per heavy atom. The number of hydrogen-bond acceptors (Lipinski definition) is 4. The van der Waals surface area contributed by atoms with E-state index in [2.05, 4.69) is 37.9 Å². The van der Waals surface area contributed by atoms with Gasteiger partial charge < -0.3 is 9.52 Å². The predicted octanol–water partition coefficient (Wildman–Crippen LogP) is 3.66. The van der Waals surface area contributed by atoms with Crippen molar-refractivity contribution < 1.29 is 14.3 Å². The number of carboxylic acid groups (broad SMARTS) is 1. The van der Waals surface area contributed by atoms with Crippen LogP contribution in [0.2, 0.25) is 0 Å². The van der Waals surface area contributed by atoms with Gasteiger partial charge in [-0.2, -0.15) is 0 Å². The first kappa shape index (κ1) is 15.2. The molecule has 0 amide bonds. The van der Waals surface area contributed by atoms with Gasteiger partial charge in [0.15, 0.2) is 0 Å². The lowest BCUT2D eigenvalue weighted by atomic mass is 9.80. The average molecular weight is 288 g/mol. The fourth-order valence-electron chi connectivity index (χ4n) is 1.78. The Balaban J connectivity index is 2.14. The molecule has 0 saturated carbocycles. The van der Waals surface area contributed by atoms with Crippen LogP contribution in [-0.4, -0.2) is 21.3 Å². The number of carboxylic acids is 1. The number of benzene rings is 1. The van der Waals surface area contributed by atoms with E-state index in [9.17, 15) is 4.79 Å². The van der Waals surface area contributed by atoms with Gasteiger partial charge in [-0.1, -0.05) is 27.7 Å². The van der Waals surface area contributed by atoms with E-state index in [0.29, 0.717) is 17.7 Å². The molecule has 2 rings (SSSR count). The first-order valence-electron chi connectivity index (χ1n) is 6.93. The maximum atomic E-state index is 10.8. The predicted molar refractivity (Wildman–Crippen MR) is 79.0 cm³/mol. The maximum absolute atomic E-state index is 10.8. The monoisotopic (exact) mass is 288 g/mol. The SMILES string of the molecule is CC(Cc1nnc(-c2ccc(C(=O)O)cc2)o1)C(C)(C)C. The topological polar surface area (TPSA) is 76.2 Å². The van der Waals surface area contributed by atoms with Gasteiger partial charge in [0.1, 0.15) is 0 Å². The van der Waals surface area contributed by atoms with Crippen molar-refractivity contribution in [1.82, 2.24) is 10.2 Å². The second kappa shape index (κ2) is 5.68. The molecule has 0 spiro atoms. The van der Waals surface area contributed by atoms with Crippen LogP contribution in [0.5, 0.6) is 0 Å². The number of hydrogen-bond donors (Lipinski definition) is 1. The molecule has 5 heteroatoms. The Hall–Kier alpha value is -2.17. The Labute approximate surface area is 124 Å². The second-order valence-electron chi connectivity index (χ2n) is 6.35. The summed E-state index contributed by atoms with van der Waals surface area (Å²) in [6.07, 6.45) is 0.726. The maximum Gasteiger partial charge on any atom is 0.335 e. The molecule has 5 nitrogen and oxygen atoms in total. The summed E-state index contributed by atoms with van der Waals surface area (Å²) >= 11 is 0. The van der Waals surface area contributed by atoms with Crippen molar-refractivity contribution in [2.24, 2.45) is 11.3 Å². The highest BCUT2D eigenvalue weighted by Crippen LogP contribution is 2.29. The lowest BCUT2D eigenvalue weighted by Crippen LogP contribution is -2.19. The van der Waals surface area contributed by atoms with Crippen LogP contribution < -0.4 is 0 Å². The smallest absolute Gasteiger partial charge is 0.335 e. The molecule has 2 aromatic rings. The van der Waals surface area contributed by atoms with Gasteiger partial charge in [0, 0.05) is 12.0 Å². The van der Waals surface area contributed by atoms with Crippen LogP contribution in [0.3, 0.4) is 0 Å². The number of aromatic carboxylic acids is 1. The highest BCUT2D eigenvalue weighted by Gasteiger charge is 2.22. The number of nitrogens with zero attached hydrogens (tertiary/aromatic N) is 2. The minimum Gasteiger partial charge on any atom is -0.478 e. The molecule has 0 aliphatic carbocycles.